The molecule has 490 valence electrons. The molecule has 88 heavy (non-hydrogen) atoms. The Morgan fingerprint density at radius 2 is 1.00 bits per heavy atom. The Hall–Kier alpha value is -6.87. The summed E-state index contributed by atoms with van der Waals surface area (Å²) in [6.45, 7) is 4.65. The normalized spacial score (nSPS) is 16.0. The molecule has 2 heterocycles. The average Bonchev–Trinajstić information content (AvgIpc) is 4.21. The number of primary amides is 1. The van der Waals surface area contributed by atoms with E-state index in [1.165, 1.54) is 36.3 Å². The SMILES string of the molecule is CC(=O)N(CCCCN)CC(=O)N(CC(=O)N(CCCCN)CC(=O)N(CCCCN)CC(=O)N(CC(=O)N(CCCCN)CC(=O)N[C@@H](CCCCNC(=O)CCCCC1SC[C@@H]2NC(=O)N[C@H]12)C(N)=O)[C@@H](C)c1ccccc1)[C@@H](C)c1ccccc1. The van der Waals surface area contributed by atoms with Gasteiger partial charge in [0.05, 0.1) is 50.3 Å². The fraction of sp³-hybridized carbons (Fsp3) is 0.645. The van der Waals surface area contributed by atoms with Crippen LogP contribution in [0.1, 0.15) is 140 Å². The zero-order valence-electron chi connectivity index (χ0n) is 52.2. The standard InChI is InChI=1S/C62H101N15O10S/c1-45(48-22-6-4-7-23-48)76(58(84)40-72(47(3)78)34-18-13-29-63)43-57(83)74(36-20-15-31-65)39-55(81)75(37-21-16-32-66)41-59(85)77(46(2)49-24-8-5-9-25-49)42-56(82)73(35-19-14-30-64)38-54(80)69-50(61(67)86)26-12-17-33-68-53(79)28-11-10-27-52-60-51(44-88-52)70-62(87)71-60/h4-9,22-25,45-46,50-52,60H,10-21,26-44,63-66H2,1-3H3,(H2,67,86)(H,68,79)(H,69,80)(H2,70,71,87)/t45-,46-,50-,51-,52?,60-/m0/s1. The van der Waals surface area contributed by atoms with Gasteiger partial charge in [0.1, 0.15) is 19.1 Å². The van der Waals surface area contributed by atoms with Crippen LogP contribution in [0.3, 0.4) is 0 Å². The highest BCUT2D eigenvalue weighted by atomic mass is 32.2. The van der Waals surface area contributed by atoms with E-state index in [9.17, 15) is 47.9 Å². The Labute approximate surface area is 524 Å². The third-order valence-electron chi connectivity index (χ3n) is 16.1. The molecular weight excluding hydrogens is 1150 g/mol. The molecule has 0 spiro atoms. The number of urea groups is 1. The minimum atomic E-state index is -1.07. The first-order valence-electron chi connectivity index (χ1n) is 31.4. The first-order chi connectivity index (χ1) is 42.3. The first kappa shape index (κ1) is 73.6. The zero-order chi connectivity index (χ0) is 64.4. The maximum absolute atomic E-state index is 15.0. The van der Waals surface area contributed by atoms with E-state index in [0.717, 1.165) is 24.2 Å². The van der Waals surface area contributed by atoms with Gasteiger partial charge in [-0.1, -0.05) is 67.1 Å². The van der Waals surface area contributed by atoms with Crippen LogP contribution in [0.4, 0.5) is 4.79 Å². The van der Waals surface area contributed by atoms with Gasteiger partial charge >= 0.3 is 6.03 Å². The molecular formula is C62H101N15O10S. The van der Waals surface area contributed by atoms with Gasteiger partial charge in [-0.3, -0.25) is 43.2 Å². The van der Waals surface area contributed by atoms with Crippen molar-refractivity contribution in [3.8, 4) is 0 Å². The van der Waals surface area contributed by atoms with Crippen LogP contribution in [-0.2, 0) is 43.2 Å². The molecule has 0 saturated carbocycles. The zero-order valence-corrected chi connectivity index (χ0v) is 53.0. The highest BCUT2D eigenvalue weighted by Crippen LogP contribution is 2.33. The van der Waals surface area contributed by atoms with E-state index in [0.29, 0.717) is 127 Å². The number of hydrogen-bond donors (Lipinski definition) is 9. The minimum Gasteiger partial charge on any atom is -0.368 e. The van der Waals surface area contributed by atoms with Gasteiger partial charge in [-0.25, -0.2) is 4.79 Å². The Morgan fingerprint density at radius 1 is 0.545 bits per heavy atom. The Balaban J connectivity index is 1.47. The lowest BCUT2D eigenvalue weighted by Crippen LogP contribution is -2.53. The number of nitrogens with one attached hydrogen (secondary N) is 4. The van der Waals surface area contributed by atoms with E-state index < -0.39 is 92.2 Å². The predicted octanol–water partition coefficient (Wildman–Crippen LogP) is 1.44. The number of nitrogens with zero attached hydrogens (tertiary/aromatic N) is 6. The largest absolute Gasteiger partial charge is 0.368 e. The van der Waals surface area contributed by atoms with Gasteiger partial charge in [0.25, 0.3) is 0 Å². The fourth-order valence-corrected chi connectivity index (χ4v) is 12.3. The van der Waals surface area contributed by atoms with Gasteiger partial charge in [-0.05, 0) is 135 Å². The number of rotatable bonds is 44. The van der Waals surface area contributed by atoms with Crippen molar-refractivity contribution < 1.29 is 47.9 Å². The van der Waals surface area contributed by atoms with Crippen molar-refractivity contribution in [1.82, 2.24) is 50.7 Å². The molecule has 2 saturated heterocycles. The summed E-state index contributed by atoms with van der Waals surface area (Å²) in [4.78, 5) is 145. The lowest BCUT2D eigenvalue weighted by molar-refractivity contribution is -0.149. The van der Waals surface area contributed by atoms with Gasteiger partial charge in [-0.15, -0.1) is 0 Å². The van der Waals surface area contributed by atoms with Gasteiger partial charge in [0.15, 0.2) is 0 Å². The quantitative estimate of drug-likeness (QED) is 0.0335. The summed E-state index contributed by atoms with van der Waals surface area (Å²) < 4.78 is 0. The van der Waals surface area contributed by atoms with Crippen LogP contribution in [0.25, 0.3) is 0 Å². The summed E-state index contributed by atoms with van der Waals surface area (Å²) in [7, 11) is 0. The molecule has 0 radical (unpaired) electrons. The fourth-order valence-electron chi connectivity index (χ4n) is 10.7. The summed E-state index contributed by atoms with van der Waals surface area (Å²) in [5, 5.41) is 11.9. The lowest BCUT2D eigenvalue weighted by Gasteiger charge is -2.35. The summed E-state index contributed by atoms with van der Waals surface area (Å²) in [6, 6.07) is 16.0. The molecule has 0 bridgehead atoms. The van der Waals surface area contributed by atoms with E-state index in [1.54, 1.807) is 26.0 Å². The second-order valence-corrected chi connectivity index (χ2v) is 24.1. The molecule has 6 atom stereocenters. The van der Waals surface area contributed by atoms with Crippen molar-refractivity contribution in [1.29, 1.82) is 0 Å². The van der Waals surface area contributed by atoms with Gasteiger partial charge < -0.3 is 79.3 Å². The smallest absolute Gasteiger partial charge is 0.315 e. The summed E-state index contributed by atoms with van der Waals surface area (Å²) in [5.74, 6) is -3.65. The van der Waals surface area contributed by atoms with Gasteiger partial charge in [0.2, 0.25) is 53.2 Å². The van der Waals surface area contributed by atoms with Crippen molar-refractivity contribution in [2.75, 3.05) is 104 Å². The van der Waals surface area contributed by atoms with E-state index in [-0.39, 0.29) is 62.5 Å². The Morgan fingerprint density at radius 3 is 1.48 bits per heavy atom. The summed E-state index contributed by atoms with van der Waals surface area (Å²) >= 11 is 1.84. The van der Waals surface area contributed by atoms with Crippen LogP contribution in [-0.4, -0.2) is 216 Å². The predicted molar refractivity (Wildman–Crippen MR) is 340 cm³/mol. The van der Waals surface area contributed by atoms with Crippen LogP contribution in [0.5, 0.6) is 0 Å². The van der Waals surface area contributed by atoms with E-state index >= 15 is 0 Å². The number of nitrogens with two attached hydrogens (primary N) is 5. The van der Waals surface area contributed by atoms with Crippen molar-refractivity contribution in [3.05, 3.63) is 71.8 Å². The molecule has 2 fully saturated rings. The lowest BCUT2D eigenvalue weighted by atomic mass is 10.0. The Bertz CT molecular complexity index is 2520. The van der Waals surface area contributed by atoms with Crippen molar-refractivity contribution in [2.24, 2.45) is 28.7 Å². The average molecular weight is 1250 g/mol. The molecule has 4 rings (SSSR count). The summed E-state index contributed by atoms with van der Waals surface area (Å²) in [5.41, 5.74) is 30.6. The highest BCUT2D eigenvalue weighted by Gasteiger charge is 2.42. The van der Waals surface area contributed by atoms with Crippen molar-refractivity contribution >= 4 is 71.0 Å². The molecule has 14 N–H and O–H groups in total. The van der Waals surface area contributed by atoms with Crippen LogP contribution in [0, 0.1) is 0 Å². The molecule has 1 unspecified atom stereocenters. The van der Waals surface area contributed by atoms with Crippen LogP contribution < -0.4 is 49.9 Å². The van der Waals surface area contributed by atoms with E-state index in [1.807, 2.05) is 60.3 Å². The van der Waals surface area contributed by atoms with Crippen molar-refractivity contribution in [2.45, 2.75) is 153 Å². The Kier molecular flexibility index (Phi) is 34.0. The highest BCUT2D eigenvalue weighted by molar-refractivity contribution is 8.00. The third kappa shape index (κ3) is 25.7. The molecule has 2 aromatic carbocycles. The maximum atomic E-state index is 15.0. The number of unbranched alkanes of at least 4 members (excludes halogenated alkanes) is 6. The van der Waals surface area contributed by atoms with Gasteiger partial charge in [-0.2, -0.15) is 11.8 Å². The number of carbonyl (C=O) groups is 10. The molecule has 26 heteroatoms. The number of thioether (sulfide) groups is 1. The van der Waals surface area contributed by atoms with E-state index in [2.05, 4.69) is 21.3 Å². The van der Waals surface area contributed by atoms with E-state index in [4.69, 9.17) is 28.7 Å². The molecule has 0 aromatic heterocycles. The molecule has 2 aliphatic rings. The number of benzene rings is 2. The number of hydrogen-bond acceptors (Lipinski definition) is 15. The number of carbonyl (C=O) groups excluding carboxylic acids is 10. The number of amides is 11. The minimum absolute atomic E-state index is 0.0825. The third-order valence-corrected chi connectivity index (χ3v) is 17.6. The molecule has 0 aliphatic carbocycles. The second kappa shape index (κ2) is 40.6. The van der Waals surface area contributed by atoms with Crippen LogP contribution in [0.15, 0.2) is 60.7 Å². The second-order valence-electron chi connectivity index (χ2n) is 22.8. The van der Waals surface area contributed by atoms with Crippen molar-refractivity contribution in [3.63, 3.8) is 0 Å². The van der Waals surface area contributed by atoms with Crippen LogP contribution in [0.2, 0.25) is 0 Å². The van der Waals surface area contributed by atoms with Crippen LogP contribution >= 0.6 is 11.8 Å². The molecule has 25 nitrogen and oxygen atoms in total. The number of fused-ring (bicyclic) bond motifs is 1. The monoisotopic (exact) mass is 1250 g/mol. The summed E-state index contributed by atoms with van der Waals surface area (Å²) in [6.07, 6.45) is 8.06. The van der Waals surface area contributed by atoms with Gasteiger partial charge in [0, 0.05) is 57.1 Å². The molecule has 2 aromatic rings. The first-order valence-corrected chi connectivity index (χ1v) is 32.5. The molecule has 2 aliphatic heterocycles. The topological polar surface area (TPSA) is 368 Å². The molecule has 11 amide bonds. The maximum Gasteiger partial charge on any atom is 0.315 e.